The number of hydrogen-bond acceptors (Lipinski definition) is 6. The molecule has 1 aliphatic heterocycles. The average molecular weight is 482 g/mol. The van der Waals surface area contributed by atoms with Gasteiger partial charge in [0, 0.05) is 25.3 Å². The number of fused-ring (bicyclic) bond motifs is 1. The maximum Gasteiger partial charge on any atom is 0.308 e. The number of aryl methyl sites for hydroxylation is 1. The van der Waals surface area contributed by atoms with Crippen molar-refractivity contribution in [1.29, 1.82) is 0 Å². The first-order valence-corrected chi connectivity index (χ1v) is 13.7. The second-order valence-electron chi connectivity index (χ2n) is 7.34. The third-order valence-corrected chi connectivity index (χ3v) is 9.56. The Morgan fingerprint density at radius 1 is 0.935 bits per heavy atom. The molecule has 0 amide bonds. The largest absolute Gasteiger partial charge is 0.308 e. The van der Waals surface area contributed by atoms with Gasteiger partial charge in [0.15, 0.2) is 0 Å². The lowest BCUT2D eigenvalue weighted by atomic mass is 10.2. The van der Waals surface area contributed by atoms with E-state index in [-0.39, 0.29) is 20.4 Å². The van der Waals surface area contributed by atoms with Gasteiger partial charge in [-0.25, -0.2) is 16.8 Å². The first-order valence-electron chi connectivity index (χ1n) is 9.99. The number of sulfonamides is 2. The van der Waals surface area contributed by atoms with Crippen molar-refractivity contribution in [2.24, 2.45) is 0 Å². The van der Waals surface area contributed by atoms with Crippen molar-refractivity contribution >= 4 is 47.3 Å². The van der Waals surface area contributed by atoms with E-state index in [0.29, 0.717) is 29.9 Å². The molecular weight excluding hydrogens is 458 g/mol. The molecule has 0 aliphatic carbocycles. The monoisotopic (exact) mass is 481 g/mol. The number of rotatable bonds is 6. The van der Waals surface area contributed by atoms with Gasteiger partial charge in [0.05, 0.1) is 20.0 Å². The van der Waals surface area contributed by atoms with E-state index in [4.69, 9.17) is 0 Å². The van der Waals surface area contributed by atoms with Crippen LogP contribution < -0.4 is 9.60 Å². The Kier molecular flexibility index (Phi) is 5.95. The van der Waals surface area contributed by atoms with E-state index in [1.807, 2.05) is 6.92 Å². The van der Waals surface area contributed by atoms with Gasteiger partial charge in [-0.3, -0.25) is 14.1 Å². The number of piperidine rings is 1. The topological polar surface area (TPSA) is 106 Å². The zero-order valence-electron chi connectivity index (χ0n) is 16.9. The molecule has 0 atom stereocenters. The standard InChI is InChI=1S/C20H23N3O5S3/c1-2-23-18-11-10-17(14-19(18)29-20(23)24)30(25,26)21-15-6-8-16(9-7-15)31(27,28)22-12-4-3-5-13-22/h6-11,14,21H,2-5,12-13H2,1H3. The van der Waals surface area contributed by atoms with Crippen LogP contribution in [0.15, 0.2) is 57.1 Å². The van der Waals surface area contributed by atoms with Crippen LogP contribution in [-0.4, -0.2) is 38.8 Å². The Hall–Kier alpha value is -2.21. The van der Waals surface area contributed by atoms with Crippen molar-refractivity contribution in [3.05, 3.63) is 52.1 Å². The van der Waals surface area contributed by atoms with E-state index in [1.165, 1.54) is 40.7 Å². The van der Waals surface area contributed by atoms with Gasteiger partial charge in [0.1, 0.15) is 0 Å². The number of benzene rings is 2. The van der Waals surface area contributed by atoms with E-state index in [1.54, 1.807) is 10.6 Å². The van der Waals surface area contributed by atoms with Crippen LogP contribution in [0.1, 0.15) is 26.2 Å². The second kappa shape index (κ2) is 8.38. The summed E-state index contributed by atoms with van der Waals surface area (Å²) >= 11 is 1.00. The molecule has 3 aromatic rings. The first kappa shape index (κ1) is 22.0. The van der Waals surface area contributed by atoms with Crippen molar-refractivity contribution in [3.63, 3.8) is 0 Å². The first-order chi connectivity index (χ1) is 14.7. The van der Waals surface area contributed by atoms with Gasteiger partial charge in [0.2, 0.25) is 10.0 Å². The molecule has 8 nitrogen and oxygen atoms in total. The fourth-order valence-corrected chi connectivity index (χ4v) is 7.35. The smallest absolute Gasteiger partial charge is 0.299 e. The maximum atomic E-state index is 12.8. The number of nitrogens with one attached hydrogen (secondary N) is 1. The van der Waals surface area contributed by atoms with Crippen LogP contribution in [0.2, 0.25) is 0 Å². The number of thiazole rings is 1. The van der Waals surface area contributed by atoms with Gasteiger partial charge in [-0.1, -0.05) is 17.8 Å². The Balaban J connectivity index is 1.57. The van der Waals surface area contributed by atoms with Gasteiger partial charge >= 0.3 is 4.87 Å². The fraction of sp³-hybridized carbons (Fsp3) is 0.350. The van der Waals surface area contributed by atoms with Crippen LogP contribution in [0.5, 0.6) is 0 Å². The van der Waals surface area contributed by atoms with E-state index in [9.17, 15) is 21.6 Å². The summed E-state index contributed by atoms with van der Waals surface area (Å²) in [6.45, 7) is 3.38. The molecular formula is C20H23N3O5S3. The minimum atomic E-state index is -3.90. The lowest BCUT2D eigenvalue weighted by Crippen LogP contribution is -2.35. The molecule has 4 rings (SSSR count). The molecule has 1 aliphatic rings. The van der Waals surface area contributed by atoms with Crippen molar-refractivity contribution in [1.82, 2.24) is 8.87 Å². The summed E-state index contributed by atoms with van der Waals surface area (Å²) in [6.07, 6.45) is 2.72. The van der Waals surface area contributed by atoms with Crippen LogP contribution >= 0.6 is 11.3 Å². The molecule has 0 unspecified atom stereocenters. The molecule has 1 saturated heterocycles. The molecule has 1 fully saturated rings. The summed E-state index contributed by atoms with van der Waals surface area (Å²) in [5.74, 6) is 0. The molecule has 166 valence electrons. The molecule has 31 heavy (non-hydrogen) atoms. The van der Waals surface area contributed by atoms with E-state index < -0.39 is 20.0 Å². The zero-order chi connectivity index (χ0) is 22.2. The van der Waals surface area contributed by atoms with Crippen molar-refractivity contribution < 1.29 is 16.8 Å². The molecule has 2 heterocycles. The molecule has 2 aromatic carbocycles. The highest BCUT2D eigenvalue weighted by molar-refractivity contribution is 7.92. The Morgan fingerprint density at radius 3 is 2.23 bits per heavy atom. The Morgan fingerprint density at radius 2 is 1.58 bits per heavy atom. The third-order valence-electron chi connectivity index (χ3n) is 5.33. The Bertz CT molecular complexity index is 1370. The molecule has 0 radical (unpaired) electrons. The van der Waals surface area contributed by atoms with Crippen LogP contribution in [0, 0.1) is 0 Å². The van der Waals surface area contributed by atoms with Gasteiger partial charge in [0.25, 0.3) is 10.0 Å². The minimum Gasteiger partial charge on any atom is -0.299 e. The Labute approximate surface area is 185 Å². The van der Waals surface area contributed by atoms with Crippen LogP contribution in [0.25, 0.3) is 10.2 Å². The van der Waals surface area contributed by atoms with Gasteiger partial charge in [-0.15, -0.1) is 0 Å². The summed E-state index contributed by atoms with van der Waals surface area (Å²) in [5, 5.41) is 0. The van der Waals surface area contributed by atoms with Gasteiger partial charge < -0.3 is 0 Å². The lowest BCUT2D eigenvalue weighted by Gasteiger charge is -2.25. The second-order valence-corrected chi connectivity index (χ2v) is 11.9. The van der Waals surface area contributed by atoms with Crippen LogP contribution in [0.4, 0.5) is 5.69 Å². The number of hydrogen-bond donors (Lipinski definition) is 1. The summed E-state index contributed by atoms with van der Waals surface area (Å²) < 4.78 is 57.3. The van der Waals surface area contributed by atoms with Gasteiger partial charge in [-0.05, 0) is 62.2 Å². The quantitative estimate of drug-likeness (QED) is 0.583. The zero-order valence-corrected chi connectivity index (χ0v) is 19.4. The SMILES string of the molecule is CCn1c(=O)sc2cc(S(=O)(=O)Nc3ccc(S(=O)(=O)N4CCCCC4)cc3)ccc21. The summed E-state index contributed by atoms with van der Waals surface area (Å²) in [6, 6.07) is 10.3. The van der Waals surface area contributed by atoms with E-state index in [2.05, 4.69) is 4.72 Å². The highest BCUT2D eigenvalue weighted by Gasteiger charge is 2.26. The van der Waals surface area contributed by atoms with Crippen LogP contribution in [0.3, 0.4) is 0 Å². The normalized spacial score (nSPS) is 15.9. The highest BCUT2D eigenvalue weighted by atomic mass is 32.2. The summed E-state index contributed by atoms with van der Waals surface area (Å²) in [5.41, 5.74) is 0.959. The summed E-state index contributed by atoms with van der Waals surface area (Å²) in [4.78, 5) is 12.1. The maximum absolute atomic E-state index is 12.8. The van der Waals surface area contributed by atoms with Crippen LogP contribution in [-0.2, 0) is 26.6 Å². The number of aromatic nitrogens is 1. The fourth-order valence-electron chi connectivity index (χ4n) is 3.68. The predicted octanol–water partition coefficient (Wildman–Crippen LogP) is 3.06. The number of nitrogens with zero attached hydrogens (tertiary/aromatic N) is 2. The van der Waals surface area contributed by atoms with Gasteiger partial charge in [-0.2, -0.15) is 4.31 Å². The lowest BCUT2D eigenvalue weighted by molar-refractivity contribution is 0.346. The van der Waals surface area contributed by atoms with E-state index in [0.717, 1.165) is 30.6 Å². The predicted molar refractivity (Wildman–Crippen MR) is 122 cm³/mol. The third kappa shape index (κ3) is 4.27. The van der Waals surface area contributed by atoms with Crippen molar-refractivity contribution in [2.75, 3.05) is 17.8 Å². The molecule has 0 spiro atoms. The van der Waals surface area contributed by atoms with E-state index >= 15 is 0 Å². The summed E-state index contributed by atoms with van der Waals surface area (Å²) in [7, 11) is -7.48. The molecule has 1 N–H and O–H groups in total. The molecule has 0 bridgehead atoms. The van der Waals surface area contributed by atoms with Crippen molar-refractivity contribution in [3.8, 4) is 0 Å². The molecule has 0 saturated carbocycles. The number of anilines is 1. The van der Waals surface area contributed by atoms with Crippen molar-refractivity contribution in [2.45, 2.75) is 42.5 Å². The molecule has 11 heteroatoms. The average Bonchev–Trinajstić information content (AvgIpc) is 3.08. The highest BCUT2D eigenvalue weighted by Crippen LogP contribution is 2.25. The molecule has 1 aromatic heterocycles. The minimum absolute atomic E-state index is 0.0366.